The molecule has 1 unspecified atom stereocenters. The lowest BCUT2D eigenvalue weighted by Crippen LogP contribution is -2.42. The van der Waals surface area contributed by atoms with Crippen LogP contribution in [0.3, 0.4) is 0 Å². The molecule has 5 nitrogen and oxygen atoms in total. The van der Waals surface area contributed by atoms with Gasteiger partial charge in [-0.2, -0.15) is 0 Å². The van der Waals surface area contributed by atoms with Crippen LogP contribution in [-0.2, 0) is 16.0 Å². The average Bonchev–Trinajstić information content (AvgIpc) is 2.82. The molecule has 2 amide bonds. The Hall–Kier alpha value is -3.67. The van der Waals surface area contributed by atoms with Gasteiger partial charge in [-0.15, -0.1) is 0 Å². The van der Waals surface area contributed by atoms with E-state index >= 15 is 0 Å². The molecule has 3 aromatic rings. The number of fused-ring (bicyclic) bond motifs is 1. The molecule has 0 saturated heterocycles. The van der Waals surface area contributed by atoms with Crippen molar-refractivity contribution in [2.75, 3.05) is 18.5 Å². The lowest BCUT2D eigenvalue weighted by Gasteiger charge is -2.39. The number of amides is 2. The highest BCUT2D eigenvalue weighted by Gasteiger charge is 2.33. The number of anilines is 1. The van der Waals surface area contributed by atoms with Crippen LogP contribution in [0.1, 0.15) is 36.6 Å². The van der Waals surface area contributed by atoms with Crippen LogP contribution in [0.25, 0.3) is 0 Å². The van der Waals surface area contributed by atoms with Crippen LogP contribution in [-0.4, -0.2) is 29.9 Å². The van der Waals surface area contributed by atoms with E-state index in [4.69, 9.17) is 4.74 Å². The molecule has 0 fully saturated rings. The molecule has 1 aliphatic heterocycles. The van der Waals surface area contributed by atoms with Crippen LogP contribution in [0.4, 0.5) is 10.1 Å². The summed E-state index contributed by atoms with van der Waals surface area (Å²) in [6.07, 6.45) is 0.722. The highest BCUT2D eigenvalue weighted by atomic mass is 19.1. The van der Waals surface area contributed by atoms with Crippen LogP contribution in [0.5, 0.6) is 5.75 Å². The maximum Gasteiger partial charge on any atom is 0.262 e. The first-order valence-electron chi connectivity index (χ1n) is 11.1. The van der Waals surface area contributed by atoms with Crippen molar-refractivity contribution in [2.24, 2.45) is 5.92 Å². The van der Waals surface area contributed by atoms with E-state index in [1.165, 1.54) is 12.1 Å². The van der Waals surface area contributed by atoms with Crippen molar-refractivity contribution in [1.82, 2.24) is 4.90 Å². The van der Waals surface area contributed by atoms with Crippen molar-refractivity contribution in [3.63, 3.8) is 0 Å². The molecule has 0 spiro atoms. The Bertz CT molecular complexity index is 1130. The third-order valence-electron chi connectivity index (χ3n) is 5.74. The number of nitrogens with zero attached hydrogens (tertiary/aromatic N) is 1. The van der Waals surface area contributed by atoms with E-state index in [-0.39, 0.29) is 36.2 Å². The number of hydrogen-bond donors (Lipinski definition) is 1. The minimum atomic E-state index is -0.342. The zero-order valence-corrected chi connectivity index (χ0v) is 18.8. The summed E-state index contributed by atoms with van der Waals surface area (Å²) in [6, 6.07) is 20.8. The fourth-order valence-corrected chi connectivity index (χ4v) is 4.12. The van der Waals surface area contributed by atoms with Gasteiger partial charge in [-0.25, -0.2) is 4.39 Å². The number of benzene rings is 3. The first kappa shape index (κ1) is 22.5. The van der Waals surface area contributed by atoms with Gasteiger partial charge in [0.15, 0.2) is 6.61 Å². The quantitative estimate of drug-likeness (QED) is 0.581. The summed E-state index contributed by atoms with van der Waals surface area (Å²) in [5, 5.41) is 2.80. The number of para-hydroxylation sites is 1. The highest BCUT2D eigenvalue weighted by molar-refractivity contribution is 5.91. The minimum absolute atomic E-state index is 0.0449. The van der Waals surface area contributed by atoms with Crippen molar-refractivity contribution in [3.05, 3.63) is 95.3 Å². The number of ether oxygens (including phenoxy) is 1. The molecule has 170 valence electrons. The molecule has 4 rings (SSSR count). The molecule has 33 heavy (non-hydrogen) atoms. The lowest BCUT2D eigenvalue weighted by molar-refractivity contribution is -0.136. The van der Waals surface area contributed by atoms with Gasteiger partial charge in [0.25, 0.3) is 5.91 Å². The molecule has 0 radical (unpaired) electrons. The third-order valence-corrected chi connectivity index (χ3v) is 5.74. The van der Waals surface area contributed by atoms with Gasteiger partial charge in [0.2, 0.25) is 5.91 Å². The van der Waals surface area contributed by atoms with E-state index in [0.29, 0.717) is 18.0 Å². The summed E-state index contributed by atoms with van der Waals surface area (Å²) in [6.45, 7) is 4.21. The molecule has 6 heteroatoms. The van der Waals surface area contributed by atoms with E-state index in [1.54, 1.807) is 12.1 Å². The van der Waals surface area contributed by atoms with Gasteiger partial charge >= 0.3 is 0 Å². The molecule has 0 saturated carbocycles. The van der Waals surface area contributed by atoms with Crippen LogP contribution >= 0.6 is 0 Å². The molecule has 0 bridgehead atoms. The number of nitrogens with one attached hydrogen (secondary N) is 1. The molecular formula is C27H27FN2O3. The average molecular weight is 447 g/mol. The molecule has 0 aromatic heterocycles. The number of carbonyl (C=O) groups is 2. The number of carbonyl (C=O) groups excluding carboxylic acids is 2. The second-order valence-corrected chi connectivity index (χ2v) is 8.45. The molecule has 3 aromatic carbocycles. The predicted octanol–water partition coefficient (Wildman–Crippen LogP) is 4.97. The Morgan fingerprint density at radius 3 is 2.48 bits per heavy atom. The van der Waals surface area contributed by atoms with Gasteiger partial charge in [-0.1, -0.05) is 50.2 Å². The summed E-state index contributed by atoms with van der Waals surface area (Å²) in [5.41, 5.74) is 3.59. The molecule has 0 aliphatic carbocycles. The van der Waals surface area contributed by atoms with E-state index < -0.39 is 0 Å². The summed E-state index contributed by atoms with van der Waals surface area (Å²) in [4.78, 5) is 27.1. The third kappa shape index (κ3) is 5.22. The largest absolute Gasteiger partial charge is 0.484 e. The topological polar surface area (TPSA) is 58.6 Å². The second kappa shape index (κ2) is 9.86. The maximum absolute atomic E-state index is 13.6. The Balaban J connectivity index is 1.58. The van der Waals surface area contributed by atoms with Crippen LogP contribution in [0.15, 0.2) is 72.8 Å². The minimum Gasteiger partial charge on any atom is -0.484 e. The normalized spacial score (nSPS) is 15.2. The van der Waals surface area contributed by atoms with Crippen molar-refractivity contribution in [2.45, 2.75) is 26.3 Å². The summed E-state index contributed by atoms with van der Waals surface area (Å²) < 4.78 is 19.4. The number of hydrogen-bond acceptors (Lipinski definition) is 3. The predicted molar refractivity (Wildman–Crippen MR) is 126 cm³/mol. The van der Waals surface area contributed by atoms with E-state index in [0.717, 1.165) is 23.1 Å². The molecule has 1 N–H and O–H groups in total. The fourth-order valence-electron chi connectivity index (χ4n) is 4.12. The van der Waals surface area contributed by atoms with Crippen LogP contribution < -0.4 is 10.1 Å². The van der Waals surface area contributed by atoms with Crippen LogP contribution in [0.2, 0.25) is 0 Å². The van der Waals surface area contributed by atoms with E-state index in [2.05, 4.69) is 5.32 Å². The van der Waals surface area contributed by atoms with Gasteiger partial charge in [0, 0.05) is 18.2 Å². The molecule has 1 aliphatic rings. The smallest absolute Gasteiger partial charge is 0.262 e. The summed E-state index contributed by atoms with van der Waals surface area (Å²) in [7, 11) is 0. The molecule has 1 heterocycles. The first-order chi connectivity index (χ1) is 15.9. The number of rotatable bonds is 6. The fraction of sp³-hybridized carbons (Fsp3) is 0.259. The van der Waals surface area contributed by atoms with E-state index in [1.807, 2.05) is 67.3 Å². The first-order valence-corrected chi connectivity index (χ1v) is 11.1. The highest BCUT2D eigenvalue weighted by Crippen LogP contribution is 2.38. The summed E-state index contributed by atoms with van der Waals surface area (Å²) in [5.74, 6) is -0.147. The van der Waals surface area contributed by atoms with Crippen molar-refractivity contribution in [3.8, 4) is 5.75 Å². The van der Waals surface area contributed by atoms with Crippen molar-refractivity contribution in [1.29, 1.82) is 0 Å². The van der Waals surface area contributed by atoms with Crippen LogP contribution in [0, 0.1) is 11.7 Å². The Morgan fingerprint density at radius 1 is 1.06 bits per heavy atom. The van der Waals surface area contributed by atoms with Gasteiger partial charge in [-0.3, -0.25) is 9.59 Å². The zero-order valence-electron chi connectivity index (χ0n) is 18.8. The summed E-state index contributed by atoms with van der Waals surface area (Å²) >= 11 is 0. The van der Waals surface area contributed by atoms with Gasteiger partial charge in [-0.05, 0) is 59.5 Å². The second-order valence-electron chi connectivity index (χ2n) is 8.45. The van der Waals surface area contributed by atoms with E-state index in [9.17, 15) is 14.0 Å². The van der Waals surface area contributed by atoms with Crippen molar-refractivity contribution >= 4 is 17.5 Å². The monoisotopic (exact) mass is 446 g/mol. The van der Waals surface area contributed by atoms with Gasteiger partial charge < -0.3 is 15.0 Å². The lowest BCUT2D eigenvalue weighted by atomic mass is 9.87. The van der Waals surface area contributed by atoms with Crippen molar-refractivity contribution < 1.29 is 18.7 Å². The maximum atomic E-state index is 13.6. The number of halogens is 1. The zero-order chi connectivity index (χ0) is 23.4. The van der Waals surface area contributed by atoms with Gasteiger partial charge in [0.05, 0.1) is 6.04 Å². The van der Waals surface area contributed by atoms with Gasteiger partial charge in [0.1, 0.15) is 11.6 Å². The Kier molecular flexibility index (Phi) is 6.73. The molecular weight excluding hydrogens is 419 g/mol. The SMILES string of the molecule is CC(C)C(=O)N1CCc2ccc(OCC(=O)Nc3ccccc3)cc2C1c1ccc(F)cc1. The molecule has 1 atom stereocenters. The Labute approximate surface area is 193 Å². The standard InChI is InChI=1S/C27H27FN2O3/c1-18(2)27(32)30-15-14-19-10-13-23(33-17-25(31)29-22-6-4-3-5-7-22)16-24(19)26(30)20-8-11-21(28)12-9-20/h3-13,16,18,26H,14-15,17H2,1-2H3,(H,29,31). The Morgan fingerprint density at radius 2 is 1.79 bits per heavy atom.